The Morgan fingerprint density at radius 1 is 1.08 bits per heavy atom. The van der Waals surface area contributed by atoms with Gasteiger partial charge in [-0.05, 0) is 56.2 Å². The van der Waals surface area contributed by atoms with Crippen LogP contribution in [-0.4, -0.2) is 23.9 Å². The van der Waals surface area contributed by atoms with E-state index in [1.54, 1.807) is 25.3 Å². The maximum Gasteiger partial charge on any atom is 0.268 e. The van der Waals surface area contributed by atoms with Crippen molar-refractivity contribution in [2.75, 3.05) is 11.5 Å². The average molecular weight is 469 g/mol. The van der Waals surface area contributed by atoms with Crippen LogP contribution in [0.25, 0.3) is 10.9 Å². The molecule has 0 spiro atoms. The predicted molar refractivity (Wildman–Crippen MR) is 110 cm³/mol. The normalized spacial score (nSPS) is 11.8. The van der Waals surface area contributed by atoms with E-state index in [1.807, 2.05) is 38.1 Å². The van der Waals surface area contributed by atoms with Gasteiger partial charge in [0.15, 0.2) is 0 Å². The molecule has 1 aromatic heterocycles. The van der Waals surface area contributed by atoms with Crippen LogP contribution >= 0.6 is 22.6 Å². The van der Waals surface area contributed by atoms with Crippen LogP contribution in [0.4, 0.5) is 0 Å². The zero-order chi connectivity index (χ0) is 18.2. The molecule has 0 amide bonds. The Morgan fingerprint density at radius 3 is 2.36 bits per heavy atom. The number of benzene rings is 2. The molecule has 0 aliphatic carbocycles. The van der Waals surface area contributed by atoms with Crippen molar-refractivity contribution in [2.45, 2.75) is 25.2 Å². The summed E-state index contributed by atoms with van der Waals surface area (Å²) in [5.41, 5.74) is 3.54. The van der Waals surface area contributed by atoms with Gasteiger partial charge in [0.2, 0.25) is 0 Å². The fraction of sp³-hybridized carbons (Fsp3) is 0.263. The van der Waals surface area contributed by atoms with Crippen molar-refractivity contribution in [3.05, 3.63) is 59.3 Å². The van der Waals surface area contributed by atoms with E-state index in [4.69, 9.17) is 4.74 Å². The number of methoxy groups -OCH3 is 1. The molecule has 3 aromatic rings. The zero-order valence-corrected chi connectivity index (χ0v) is 17.4. The second kappa shape index (κ2) is 6.99. The van der Waals surface area contributed by atoms with Gasteiger partial charge in [-0.25, -0.2) is 12.4 Å². The van der Waals surface area contributed by atoms with Crippen molar-refractivity contribution in [2.24, 2.45) is 0 Å². The quantitative estimate of drug-likeness (QED) is 0.409. The number of aryl methyl sites for hydroxylation is 2. The van der Waals surface area contributed by atoms with Crippen molar-refractivity contribution in [3.63, 3.8) is 0 Å². The van der Waals surface area contributed by atoms with E-state index in [1.165, 1.54) is 3.97 Å². The molecule has 0 atom stereocenters. The lowest BCUT2D eigenvalue weighted by molar-refractivity contribution is 0.415. The van der Waals surface area contributed by atoms with Gasteiger partial charge >= 0.3 is 0 Å². The lowest BCUT2D eigenvalue weighted by atomic mass is 10.1. The van der Waals surface area contributed by atoms with Crippen molar-refractivity contribution in [3.8, 4) is 5.75 Å². The molecular formula is C19H20INO3S. The molecular weight excluding hydrogens is 449 g/mol. The van der Waals surface area contributed by atoms with Gasteiger partial charge in [0.25, 0.3) is 10.0 Å². The Hall–Kier alpha value is -1.54. The Kier molecular flexibility index (Phi) is 5.11. The largest absolute Gasteiger partial charge is 0.497 e. The summed E-state index contributed by atoms with van der Waals surface area (Å²) in [5.74, 6) is 0.729. The van der Waals surface area contributed by atoms with Crippen LogP contribution in [-0.2, 0) is 16.4 Å². The molecule has 0 aliphatic heterocycles. The van der Waals surface area contributed by atoms with Crippen LogP contribution in [0.15, 0.2) is 47.4 Å². The van der Waals surface area contributed by atoms with Gasteiger partial charge in [0, 0.05) is 15.5 Å². The second-order valence-electron chi connectivity index (χ2n) is 5.97. The first-order valence-electron chi connectivity index (χ1n) is 7.96. The molecule has 0 unspecified atom stereocenters. The summed E-state index contributed by atoms with van der Waals surface area (Å²) < 4.78 is 34.3. The molecule has 0 saturated heterocycles. The van der Waals surface area contributed by atoms with Gasteiger partial charge < -0.3 is 4.74 Å². The van der Waals surface area contributed by atoms with E-state index in [0.717, 1.165) is 38.8 Å². The monoisotopic (exact) mass is 469 g/mol. The summed E-state index contributed by atoms with van der Waals surface area (Å²) in [6.07, 6.45) is 0.812. The molecule has 2 aromatic carbocycles. The first-order chi connectivity index (χ1) is 11.9. The molecule has 3 rings (SSSR count). The van der Waals surface area contributed by atoms with Gasteiger partial charge in [-0.15, -0.1) is 0 Å². The molecule has 25 heavy (non-hydrogen) atoms. The highest BCUT2D eigenvalue weighted by Gasteiger charge is 2.24. The Bertz CT molecular complexity index is 1020. The Balaban J connectivity index is 2.32. The third kappa shape index (κ3) is 3.17. The van der Waals surface area contributed by atoms with E-state index in [2.05, 4.69) is 22.6 Å². The van der Waals surface area contributed by atoms with E-state index in [-0.39, 0.29) is 0 Å². The number of alkyl halides is 1. The first-order valence-corrected chi connectivity index (χ1v) is 10.9. The molecule has 0 aliphatic rings. The summed E-state index contributed by atoms with van der Waals surface area (Å²) in [6.45, 7) is 3.82. The average Bonchev–Trinajstić information content (AvgIpc) is 2.87. The molecule has 4 nitrogen and oxygen atoms in total. The van der Waals surface area contributed by atoms with Crippen LogP contribution in [0.5, 0.6) is 5.75 Å². The highest BCUT2D eigenvalue weighted by atomic mass is 127. The van der Waals surface area contributed by atoms with E-state index < -0.39 is 10.0 Å². The number of aromatic nitrogens is 1. The van der Waals surface area contributed by atoms with Gasteiger partial charge in [0.1, 0.15) is 5.75 Å². The van der Waals surface area contributed by atoms with Crippen molar-refractivity contribution < 1.29 is 13.2 Å². The molecule has 0 bridgehead atoms. The topological polar surface area (TPSA) is 48.3 Å². The van der Waals surface area contributed by atoms with E-state index in [9.17, 15) is 8.42 Å². The van der Waals surface area contributed by atoms with Gasteiger partial charge in [-0.3, -0.25) is 0 Å². The summed E-state index contributed by atoms with van der Waals surface area (Å²) >= 11 is 2.31. The van der Waals surface area contributed by atoms with E-state index >= 15 is 0 Å². The molecule has 1 heterocycles. The molecule has 0 fully saturated rings. The molecule has 132 valence electrons. The summed E-state index contributed by atoms with van der Waals surface area (Å²) in [6, 6.07) is 12.5. The number of fused-ring (bicyclic) bond motifs is 1. The van der Waals surface area contributed by atoms with Gasteiger partial charge in [-0.2, -0.15) is 0 Å². The van der Waals surface area contributed by atoms with Gasteiger partial charge in [0.05, 0.1) is 17.5 Å². The van der Waals surface area contributed by atoms with Crippen LogP contribution in [0, 0.1) is 13.8 Å². The molecule has 0 radical (unpaired) electrons. The lowest BCUT2D eigenvalue weighted by Gasteiger charge is -2.11. The smallest absolute Gasteiger partial charge is 0.268 e. The van der Waals surface area contributed by atoms with Crippen molar-refractivity contribution in [1.82, 2.24) is 3.97 Å². The first kappa shape index (κ1) is 18.3. The van der Waals surface area contributed by atoms with Crippen LogP contribution in [0.1, 0.15) is 16.8 Å². The van der Waals surface area contributed by atoms with Crippen molar-refractivity contribution in [1.29, 1.82) is 0 Å². The minimum Gasteiger partial charge on any atom is -0.497 e. The minimum absolute atomic E-state index is 0.301. The Labute approximate surface area is 162 Å². The number of ether oxygens (including phenoxy) is 1. The maximum atomic E-state index is 13.3. The number of hydrogen-bond acceptors (Lipinski definition) is 3. The highest BCUT2D eigenvalue weighted by Crippen LogP contribution is 2.33. The fourth-order valence-corrected chi connectivity index (χ4v) is 5.21. The number of rotatable bonds is 5. The summed E-state index contributed by atoms with van der Waals surface area (Å²) in [7, 11) is -2.04. The number of halogens is 1. The summed E-state index contributed by atoms with van der Waals surface area (Å²) in [5, 5.41) is 0.934. The predicted octanol–water partition coefficient (Wildman–Crippen LogP) is 4.48. The SMILES string of the molecule is COc1ccc2c(c1)c(CCI)c(C)n2S(=O)(=O)c1ccc(C)cc1. The van der Waals surface area contributed by atoms with Gasteiger partial charge in [-0.1, -0.05) is 40.3 Å². The maximum absolute atomic E-state index is 13.3. The van der Waals surface area contributed by atoms with Crippen molar-refractivity contribution >= 4 is 43.5 Å². The zero-order valence-electron chi connectivity index (χ0n) is 14.4. The molecule has 0 N–H and O–H groups in total. The standard InChI is InChI=1S/C19H20INO3S/c1-13-4-7-16(8-5-13)25(22,23)21-14(2)17(10-11-20)18-12-15(24-3)6-9-19(18)21/h4-9,12H,10-11H2,1-3H3. The highest BCUT2D eigenvalue weighted by molar-refractivity contribution is 14.1. The second-order valence-corrected chi connectivity index (χ2v) is 8.83. The molecule has 0 saturated carbocycles. The Morgan fingerprint density at radius 2 is 1.76 bits per heavy atom. The third-order valence-corrected chi connectivity index (χ3v) is 6.75. The summed E-state index contributed by atoms with van der Waals surface area (Å²) in [4.78, 5) is 0.301. The molecule has 6 heteroatoms. The van der Waals surface area contributed by atoms with Crippen LogP contribution in [0.2, 0.25) is 0 Å². The number of nitrogens with zero attached hydrogens (tertiary/aromatic N) is 1. The van der Waals surface area contributed by atoms with Crippen LogP contribution < -0.4 is 4.74 Å². The van der Waals surface area contributed by atoms with Crippen LogP contribution in [0.3, 0.4) is 0 Å². The van der Waals surface area contributed by atoms with E-state index in [0.29, 0.717) is 10.4 Å². The third-order valence-electron chi connectivity index (χ3n) is 4.39. The minimum atomic E-state index is -3.66. The fourth-order valence-electron chi connectivity index (χ4n) is 3.09. The number of hydrogen-bond donors (Lipinski definition) is 0. The lowest BCUT2D eigenvalue weighted by Crippen LogP contribution is -2.14.